The van der Waals surface area contributed by atoms with Crippen LogP contribution in [-0.2, 0) is 21.7 Å². The largest absolute Gasteiger partial charge is 0.481 e. The van der Waals surface area contributed by atoms with E-state index in [0.717, 1.165) is 12.1 Å². The van der Waals surface area contributed by atoms with Crippen molar-refractivity contribution in [2.24, 2.45) is 5.73 Å². The number of aryl methyl sites for hydroxylation is 1. The molecule has 0 radical (unpaired) electrons. The molecule has 11 heteroatoms. The fourth-order valence-corrected chi connectivity index (χ4v) is 2.74. The summed E-state index contributed by atoms with van der Waals surface area (Å²) in [5.41, 5.74) is 4.23. The van der Waals surface area contributed by atoms with Gasteiger partial charge >= 0.3 is 14.0 Å². The molecule has 0 bridgehead atoms. The summed E-state index contributed by atoms with van der Waals surface area (Å²) in [6.07, 6.45) is -3.64. The molecule has 0 spiro atoms. The molecule has 1 unspecified atom stereocenters. The Bertz CT molecular complexity index is 938. The van der Waals surface area contributed by atoms with Crippen LogP contribution in [-0.4, -0.2) is 28.5 Å². The lowest BCUT2D eigenvalue weighted by atomic mass is 9.98. The molecule has 0 saturated heterocycles. The second-order valence-electron chi connectivity index (χ2n) is 6.80. The predicted molar refractivity (Wildman–Crippen MR) is 101 cm³/mol. The Balaban J connectivity index is 1.81. The van der Waals surface area contributed by atoms with Crippen LogP contribution in [0.2, 0.25) is 0 Å². The monoisotopic (exact) mass is 447 g/mol. The van der Waals surface area contributed by atoms with Gasteiger partial charge in [-0.3, -0.25) is 4.52 Å². The number of alkyl halides is 3. The standard InChI is InChI=1S/C19H21F3NO6P/c1-18(23,13-28-30(24,25)26)11-10-17-9-8-16(29-17)3-2-12-27-15-6-4-14(5-7-15)19(20,21)22/h4-9H,10-13,23H2,1H3,(H2,24,25,26). The molecule has 0 aliphatic carbocycles. The van der Waals surface area contributed by atoms with Crippen LogP contribution in [0.4, 0.5) is 13.2 Å². The summed E-state index contributed by atoms with van der Waals surface area (Å²) in [4.78, 5) is 17.5. The Labute approximate surface area is 171 Å². The van der Waals surface area contributed by atoms with E-state index in [1.54, 1.807) is 19.1 Å². The average Bonchev–Trinajstić information content (AvgIpc) is 3.09. The summed E-state index contributed by atoms with van der Waals surface area (Å²) in [7, 11) is -4.59. The highest BCUT2D eigenvalue weighted by Gasteiger charge is 2.30. The second kappa shape index (κ2) is 9.69. The zero-order valence-electron chi connectivity index (χ0n) is 16.0. The fraction of sp³-hybridized carbons (Fsp3) is 0.368. The molecule has 7 nitrogen and oxygen atoms in total. The maximum absolute atomic E-state index is 12.5. The van der Waals surface area contributed by atoms with Gasteiger partial charge in [-0.25, -0.2) is 4.57 Å². The Morgan fingerprint density at radius 3 is 2.43 bits per heavy atom. The lowest BCUT2D eigenvalue weighted by Crippen LogP contribution is -2.41. The van der Waals surface area contributed by atoms with Crippen LogP contribution in [0.15, 0.2) is 40.8 Å². The maximum Gasteiger partial charge on any atom is 0.469 e. The molecule has 1 heterocycles. The molecule has 0 fully saturated rings. The average molecular weight is 447 g/mol. The summed E-state index contributed by atoms with van der Waals surface area (Å²) in [5, 5.41) is 0. The third-order valence-electron chi connectivity index (χ3n) is 3.87. The van der Waals surface area contributed by atoms with Crippen molar-refractivity contribution >= 4 is 7.82 Å². The molecule has 2 rings (SSSR count). The van der Waals surface area contributed by atoms with Gasteiger partial charge in [0.25, 0.3) is 0 Å². The SMILES string of the molecule is CC(N)(CCc1ccc(C#CCOc2ccc(C(F)(F)F)cc2)o1)COP(=O)(O)O. The molecule has 4 N–H and O–H groups in total. The van der Waals surface area contributed by atoms with Crippen LogP contribution < -0.4 is 10.5 Å². The van der Waals surface area contributed by atoms with Crippen LogP contribution in [0, 0.1) is 11.8 Å². The summed E-state index contributed by atoms with van der Waals surface area (Å²) in [5.74, 6) is 6.64. The molecule has 2 aromatic rings. The number of ether oxygens (including phenoxy) is 1. The van der Waals surface area contributed by atoms with Crippen molar-refractivity contribution in [3.8, 4) is 17.6 Å². The van der Waals surface area contributed by atoms with Crippen LogP contribution in [0.3, 0.4) is 0 Å². The van der Waals surface area contributed by atoms with E-state index in [2.05, 4.69) is 16.4 Å². The lowest BCUT2D eigenvalue weighted by Gasteiger charge is -2.23. The first-order chi connectivity index (χ1) is 13.8. The third-order valence-corrected chi connectivity index (χ3v) is 4.34. The zero-order chi connectivity index (χ0) is 22.4. The Kier molecular flexibility index (Phi) is 7.75. The van der Waals surface area contributed by atoms with Crippen molar-refractivity contribution in [2.45, 2.75) is 31.5 Å². The van der Waals surface area contributed by atoms with Gasteiger partial charge in [0.15, 0.2) is 5.76 Å². The Morgan fingerprint density at radius 1 is 1.17 bits per heavy atom. The van der Waals surface area contributed by atoms with Gasteiger partial charge in [0.05, 0.1) is 12.2 Å². The first-order valence-electron chi connectivity index (χ1n) is 8.71. The molecular formula is C19H21F3NO6P. The molecule has 30 heavy (non-hydrogen) atoms. The number of phosphoric ester groups is 1. The van der Waals surface area contributed by atoms with Crippen molar-refractivity contribution in [3.05, 3.63) is 53.5 Å². The quantitative estimate of drug-likeness (QED) is 0.419. The van der Waals surface area contributed by atoms with Crippen molar-refractivity contribution in [1.82, 2.24) is 0 Å². The smallest absolute Gasteiger partial charge is 0.469 e. The molecular weight excluding hydrogens is 426 g/mol. The third kappa shape index (κ3) is 8.61. The normalized spacial score (nSPS) is 14.0. The number of nitrogens with two attached hydrogens (primary N) is 1. The number of halogens is 3. The number of hydrogen-bond donors (Lipinski definition) is 3. The van der Waals surface area contributed by atoms with Gasteiger partial charge in [-0.15, -0.1) is 0 Å². The van der Waals surface area contributed by atoms with Crippen molar-refractivity contribution < 1.29 is 41.2 Å². The topological polar surface area (TPSA) is 115 Å². The van der Waals surface area contributed by atoms with Gasteiger partial charge in [0.1, 0.15) is 18.1 Å². The minimum atomic E-state index is -4.59. The molecule has 0 aliphatic heterocycles. The minimum absolute atomic E-state index is 0.0397. The zero-order valence-corrected chi connectivity index (χ0v) is 16.9. The van der Waals surface area contributed by atoms with E-state index < -0.39 is 25.1 Å². The highest BCUT2D eigenvalue weighted by atomic mass is 31.2. The van der Waals surface area contributed by atoms with Gasteiger partial charge in [-0.1, -0.05) is 5.92 Å². The maximum atomic E-state index is 12.5. The van der Waals surface area contributed by atoms with Crippen LogP contribution in [0.5, 0.6) is 5.75 Å². The molecule has 0 amide bonds. The predicted octanol–water partition coefficient (Wildman–Crippen LogP) is 3.49. The molecule has 164 valence electrons. The summed E-state index contributed by atoms with van der Waals surface area (Å²) in [6.45, 7) is 1.25. The van der Waals surface area contributed by atoms with E-state index in [4.69, 9.17) is 24.7 Å². The first-order valence-corrected chi connectivity index (χ1v) is 10.2. The molecule has 0 aliphatic rings. The van der Waals surface area contributed by atoms with Gasteiger partial charge in [-0.05, 0) is 55.7 Å². The number of rotatable bonds is 8. The molecule has 1 aromatic heterocycles. The molecule has 1 atom stereocenters. The van der Waals surface area contributed by atoms with Crippen molar-refractivity contribution in [1.29, 1.82) is 0 Å². The van der Waals surface area contributed by atoms with Crippen molar-refractivity contribution in [3.63, 3.8) is 0 Å². The van der Waals surface area contributed by atoms with Gasteiger partial charge in [0.2, 0.25) is 0 Å². The summed E-state index contributed by atoms with van der Waals surface area (Å²) < 4.78 is 63.5. The van der Waals surface area contributed by atoms with E-state index in [-0.39, 0.29) is 19.0 Å². The molecule has 0 saturated carbocycles. The van der Waals surface area contributed by atoms with E-state index in [9.17, 15) is 17.7 Å². The van der Waals surface area contributed by atoms with Gasteiger partial charge in [-0.2, -0.15) is 13.2 Å². The molecule has 1 aromatic carbocycles. The Hall–Kier alpha value is -2.28. The number of benzene rings is 1. The summed E-state index contributed by atoms with van der Waals surface area (Å²) in [6, 6.07) is 7.63. The number of hydrogen-bond acceptors (Lipinski definition) is 5. The van der Waals surface area contributed by atoms with E-state index in [1.807, 2.05) is 0 Å². The first kappa shape index (κ1) is 24.0. The highest BCUT2D eigenvalue weighted by molar-refractivity contribution is 7.46. The van der Waals surface area contributed by atoms with E-state index in [0.29, 0.717) is 24.4 Å². The van der Waals surface area contributed by atoms with Crippen LogP contribution in [0.1, 0.15) is 30.4 Å². The van der Waals surface area contributed by atoms with Crippen LogP contribution >= 0.6 is 7.82 Å². The second-order valence-corrected chi connectivity index (χ2v) is 8.04. The Morgan fingerprint density at radius 2 is 1.83 bits per heavy atom. The minimum Gasteiger partial charge on any atom is -0.481 e. The van der Waals surface area contributed by atoms with Gasteiger partial charge in [0, 0.05) is 12.0 Å². The van der Waals surface area contributed by atoms with Crippen molar-refractivity contribution in [2.75, 3.05) is 13.2 Å². The highest BCUT2D eigenvalue weighted by Crippen LogP contribution is 2.37. The van der Waals surface area contributed by atoms with E-state index >= 15 is 0 Å². The number of phosphoric acid groups is 1. The summed E-state index contributed by atoms with van der Waals surface area (Å²) >= 11 is 0. The van der Waals surface area contributed by atoms with Crippen LogP contribution in [0.25, 0.3) is 0 Å². The fourth-order valence-electron chi connectivity index (χ4n) is 2.27. The lowest BCUT2D eigenvalue weighted by molar-refractivity contribution is -0.137. The van der Waals surface area contributed by atoms with Gasteiger partial charge < -0.3 is 24.7 Å². The number of furan rings is 1. The van der Waals surface area contributed by atoms with E-state index in [1.165, 1.54) is 12.1 Å².